The molecular formula is C13H21NO2. The van der Waals surface area contributed by atoms with Crippen LogP contribution in [0.5, 0.6) is 11.5 Å². The van der Waals surface area contributed by atoms with Gasteiger partial charge >= 0.3 is 0 Å². The highest BCUT2D eigenvalue weighted by molar-refractivity contribution is 5.41. The Morgan fingerprint density at radius 1 is 1.31 bits per heavy atom. The van der Waals surface area contributed by atoms with Gasteiger partial charge in [0, 0.05) is 17.7 Å². The molecule has 1 unspecified atom stereocenters. The number of phenolic OH excluding ortho intramolecular Hbond substituents is 1. The first kappa shape index (κ1) is 12.8. The summed E-state index contributed by atoms with van der Waals surface area (Å²) in [6, 6.07) is 5.70. The van der Waals surface area contributed by atoms with Crippen molar-refractivity contribution in [3.8, 4) is 11.5 Å². The minimum absolute atomic E-state index is 0.223. The lowest BCUT2D eigenvalue weighted by Gasteiger charge is -2.27. The predicted octanol–water partition coefficient (Wildman–Crippen LogP) is 2.80. The van der Waals surface area contributed by atoms with E-state index in [1.807, 2.05) is 12.1 Å². The number of hydrogen-bond acceptors (Lipinski definition) is 3. The number of phenols is 1. The first-order chi connectivity index (χ1) is 7.63. The molecule has 0 heterocycles. The molecule has 1 N–H and O–H groups in total. The lowest BCUT2D eigenvalue weighted by Crippen LogP contribution is -2.26. The molecule has 1 rings (SSSR count). The SMILES string of the molecule is CCN(CC)C(C)c1ccc(OC)cc1O. The smallest absolute Gasteiger partial charge is 0.124 e. The summed E-state index contributed by atoms with van der Waals surface area (Å²) in [6.45, 7) is 8.31. The quantitative estimate of drug-likeness (QED) is 0.833. The van der Waals surface area contributed by atoms with Crippen LogP contribution < -0.4 is 4.74 Å². The number of hydrogen-bond donors (Lipinski definition) is 1. The van der Waals surface area contributed by atoms with Crippen LogP contribution in [0.3, 0.4) is 0 Å². The Labute approximate surface area is 97.7 Å². The topological polar surface area (TPSA) is 32.7 Å². The third kappa shape index (κ3) is 2.67. The molecule has 0 aliphatic carbocycles. The molecule has 1 atom stereocenters. The number of ether oxygens (including phenoxy) is 1. The maximum Gasteiger partial charge on any atom is 0.124 e. The van der Waals surface area contributed by atoms with Crippen molar-refractivity contribution in [1.29, 1.82) is 0 Å². The number of rotatable bonds is 5. The van der Waals surface area contributed by atoms with Crippen molar-refractivity contribution in [3.63, 3.8) is 0 Å². The van der Waals surface area contributed by atoms with Crippen LogP contribution in [-0.4, -0.2) is 30.2 Å². The fourth-order valence-electron chi connectivity index (χ4n) is 1.97. The monoisotopic (exact) mass is 223 g/mol. The van der Waals surface area contributed by atoms with Gasteiger partial charge in [-0.3, -0.25) is 4.90 Å². The molecule has 0 bridgehead atoms. The van der Waals surface area contributed by atoms with Crippen LogP contribution in [-0.2, 0) is 0 Å². The lowest BCUT2D eigenvalue weighted by atomic mass is 10.1. The molecule has 3 heteroatoms. The van der Waals surface area contributed by atoms with Gasteiger partial charge in [-0.2, -0.15) is 0 Å². The largest absolute Gasteiger partial charge is 0.507 e. The molecule has 3 nitrogen and oxygen atoms in total. The first-order valence-electron chi connectivity index (χ1n) is 5.74. The summed E-state index contributed by atoms with van der Waals surface area (Å²) in [5.41, 5.74) is 0.949. The second-order valence-electron chi connectivity index (χ2n) is 3.82. The molecule has 1 aromatic carbocycles. The van der Waals surface area contributed by atoms with E-state index >= 15 is 0 Å². The highest BCUT2D eigenvalue weighted by Crippen LogP contribution is 2.31. The van der Waals surface area contributed by atoms with E-state index in [0.29, 0.717) is 11.5 Å². The van der Waals surface area contributed by atoms with Crippen molar-refractivity contribution in [2.45, 2.75) is 26.8 Å². The van der Waals surface area contributed by atoms with Gasteiger partial charge in [0.2, 0.25) is 0 Å². The summed E-state index contributed by atoms with van der Waals surface area (Å²) >= 11 is 0. The molecule has 0 aliphatic rings. The zero-order valence-corrected chi connectivity index (χ0v) is 10.5. The van der Waals surface area contributed by atoms with Crippen LogP contribution in [0.1, 0.15) is 32.4 Å². The molecule has 0 fully saturated rings. The average Bonchev–Trinajstić information content (AvgIpc) is 2.30. The first-order valence-corrected chi connectivity index (χ1v) is 5.74. The minimum atomic E-state index is 0.223. The maximum absolute atomic E-state index is 9.93. The van der Waals surface area contributed by atoms with E-state index < -0.39 is 0 Å². The number of methoxy groups -OCH3 is 1. The molecule has 1 aromatic rings. The molecule has 0 radical (unpaired) electrons. The van der Waals surface area contributed by atoms with Gasteiger partial charge in [-0.25, -0.2) is 0 Å². The second kappa shape index (κ2) is 5.75. The standard InChI is InChI=1S/C13H21NO2/c1-5-14(6-2)10(3)12-8-7-11(16-4)9-13(12)15/h7-10,15H,5-6H2,1-4H3. The average molecular weight is 223 g/mol. The lowest BCUT2D eigenvalue weighted by molar-refractivity contribution is 0.230. The summed E-state index contributed by atoms with van der Waals surface area (Å²) in [7, 11) is 1.60. The van der Waals surface area contributed by atoms with Crippen molar-refractivity contribution < 1.29 is 9.84 Å². The molecule has 0 amide bonds. The number of aromatic hydroxyl groups is 1. The van der Waals surface area contributed by atoms with Crippen LogP contribution in [0.2, 0.25) is 0 Å². The van der Waals surface area contributed by atoms with E-state index in [1.165, 1.54) is 0 Å². The van der Waals surface area contributed by atoms with Gasteiger partial charge in [-0.1, -0.05) is 19.9 Å². The Hall–Kier alpha value is -1.22. The number of nitrogens with zero attached hydrogens (tertiary/aromatic N) is 1. The van der Waals surface area contributed by atoms with E-state index in [4.69, 9.17) is 4.74 Å². The molecule has 0 saturated carbocycles. The van der Waals surface area contributed by atoms with Crippen molar-refractivity contribution in [2.75, 3.05) is 20.2 Å². The fourth-order valence-corrected chi connectivity index (χ4v) is 1.97. The predicted molar refractivity (Wildman–Crippen MR) is 66.0 cm³/mol. The van der Waals surface area contributed by atoms with Gasteiger partial charge in [-0.15, -0.1) is 0 Å². The Balaban J connectivity index is 2.95. The maximum atomic E-state index is 9.93. The van der Waals surface area contributed by atoms with Gasteiger partial charge in [0.05, 0.1) is 7.11 Å². The van der Waals surface area contributed by atoms with Gasteiger partial charge in [0.25, 0.3) is 0 Å². The zero-order valence-electron chi connectivity index (χ0n) is 10.5. The van der Waals surface area contributed by atoms with Crippen LogP contribution in [0.4, 0.5) is 0 Å². The van der Waals surface area contributed by atoms with E-state index in [1.54, 1.807) is 13.2 Å². The number of benzene rings is 1. The van der Waals surface area contributed by atoms with Crippen molar-refractivity contribution >= 4 is 0 Å². The highest BCUT2D eigenvalue weighted by atomic mass is 16.5. The summed E-state index contributed by atoms with van der Waals surface area (Å²) in [5, 5.41) is 9.93. The van der Waals surface area contributed by atoms with Crippen molar-refractivity contribution in [1.82, 2.24) is 4.90 Å². The van der Waals surface area contributed by atoms with E-state index in [9.17, 15) is 5.11 Å². The minimum Gasteiger partial charge on any atom is -0.507 e. The zero-order chi connectivity index (χ0) is 12.1. The second-order valence-corrected chi connectivity index (χ2v) is 3.82. The van der Waals surface area contributed by atoms with Crippen LogP contribution in [0.25, 0.3) is 0 Å². The molecule has 90 valence electrons. The summed E-state index contributed by atoms with van der Waals surface area (Å²) in [4.78, 5) is 2.29. The molecule has 16 heavy (non-hydrogen) atoms. The fraction of sp³-hybridized carbons (Fsp3) is 0.538. The van der Waals surface area contributed by atoms with Gasteiger partial charge < -0.3 is 9.84 Å². The summed E-state index contributed by atoms with van der Waals surface area (Å²) in [5.74, 6) is 0.992. The van der Waals surface area contributed by atoms with Gasteiger partial charge in [0.1, 0.15) is 11.5 Å². The third-order valence-electron chi connectivity index (χ3n) is 3.05. The molecule has 0 spiro atoms. The van der Waals surface area contributed by atoms with E-state index in [0.717, 1.165) is 18.7 Å². The Morgan fingerprint density at radius 3 is 2.38 bits per heavy atom. The van der Waals surface area contributed by atoms with E-state index in [-0.39, 0.29) is 6.04 Å². The van der Waals surface area contributed by atoms with E-state index in [2.05, 4.69) is 25.7 Å². The Bertz CT molecular complexity index is 335. The third-order valence-corrected chi connectivity index (χ3v) is 3.05. The van der Waals surface area contributed by atoms with Crippen LogP contribution in [0, 0.1) is 0 Å². The Morgan fingerprint density at radius 2 is 1.94 bits per heavy atom. The normalized spacial score (nSPS) is 12.8. The summed E-state index contributed by atoms with van der Waals surface area (Å²) < 4.78 is 5.07. The summed E-state index contributed by atoms with van der Waals surface area (Å²) in [6.07, 6.45) is 0. The van der Waals surface area contributed by atoms with Crippen molar-refractivity contribution in [3.05, 3.63) is 23.8 Å². The Kier molecular flexibility index (Phi) is 4.62. The van der Waals surface area contributed by atoms with Crippen molar-refractivity contribution in [2.24, 2.45) is 0 Å². The molecule has 0 saturated heterocycles. The van der Waals surface area contributed by atoms with Gasteiger partial charge in [-0.05, 0) is 26.1 Å². The van der Waals surface area contributed by atoms with Crippen LogP contribution >= 0.6 is 0 Å². The molecule has 0 aliphatic heterocycles. The van der Waals surface area contributed by atoms with Gasteiger partial charge in [0.15, 0.2) is 0 Å². The highest BCUT2D eigenvalue weighted by Gasteiger charge is 2.16. The molecule has 0 aromatic heterocycles. The molecular weight excluding hydrogens is 202 g/mol. The van der Waals surface area contributed by atoms with Crippen LogP contribution in [0.15, 0.2) is 18.2 Å².